The topological polar surface area (TPSA) is 0 Å². The van der Waals surface area contributed by atoms with Crippen molar-refractivity contribution in [2.75, 3.05) is 0 Å². The second-order valence-corrected chi connectivity index (χ2v) is 237. The molecular weight excluding hydrogens is 1070 g/mol. The second kappa shape index (κ2) is 13.9. The molecule has 0 aliphatic carbocycles. The molecule has 0 amide bonds. The van der Waals surface area contributed by atoms with Gasteiger partial charge < -0.3 is 0 Å². The molecule has 0 nitrogen and oxygen atoms in total. The van der Waals surface area contributed by atoms with E-state index in [9.17, 15) is 0 Å². The van der Waals surface area contributed by atoms with Crippen LogP contribution in [0.3, 0.4) is 0 Å². The maximum absolute atomic E-state index is 3.45. The molecule has 402 valence electrons. The Balaban J connectivity index is 2.46. The molecule has 0 saturated carbocycles. The zero-order chi connectivity index (χ0) is 55.7. The highest BCUT2D eigenvalue weighted by molar-refractivity contribution is 8.98. The highest BCUT2D eigenvalue weighted by Crippen LogP contribution is 3.06. The summed E-state index contributed by atoms with van der Waals surface area (Å²) in [6, 6.07) is 0. The third-order valence-corrected chi connectivity index (χ3v) is 633. The van der Waals surface area contributed by atoms with E-state index in [0.717, 1.165) is 0 Å². The van der Waals surface area contributed by atoms with Gasteiger partial charge in [0, 0.05) is 74.3 Å². The Labute approximate surface area is 447 Å². The molecule has 69 heavy (non-hydrogen) atoms. The van der Waals surface area contributed by atoms with Gasteiger partial charge in [-0.15, -0.1) is 0 Å². The predicted octanol–water partition coefficient (Wildman–Crippen LogP) is 18.8. The van der Waals surface area contributed by atoms with E-state index in [2.05, 4.69) is 289 Å². The first-order valence-electron chi connectivity index (χ1n) is 29.0. The largest absolute Gasteiger partial charge is 0.0734 e. The Bertz CT molecular complexity index is 2010. The van der Waals surface area contributed by atoms with Gasteiger partial charge in [0.1, 0.15) is 0 Å². The summed E-state index contributed by atoms with van der Waals surface area (Å²) in [5, 5.41) is 5.64. The molecule has 4 saturated heterocycles. The van der Waals surface area contributed by atoms with E-state index >= 15 is 0 Å². The van der Waals surface area contributed by atoms with E-state index in [4.69, 9.17) is 0 Å². The molecule has 0 aromatic rings. The Morgan fingerprint density at radius 3 is 0.449 bits per heavy atom. The van der Waals surface area contributed by atoms with Crippen LogP contribution >= 0.6 is 0 Å². The van der Waals surface area contributed by atoms with Crippen molar-refractivity contribution in [1.82, 2.24) is 0 Å². The first-order valence-corrected chi connectivity index (χ1v) is 81.0. The van der Waals surface area contributed by atoms with Crippen LogP contribution < -0.4 is 0 Å². The van der Waals surface area contributed by atoms with Gasteiger partial charge in [-0.25, -0.2) is 0 Å². The normalized spacial score (nSPS) is 34.9. The molecule has 7 rings (SSSR count). The van der Waals surface area contributed by atoms with Gasteiger partial charge >= 0.3 is 0 Å². The van der Waals surface area contributed by atoms with Crippen molar-refractivity contribution < 1.29 is 0 Å². The monoisotopic (exact) mass is 1190 g/mol. The summed E-state index contributed by atoms with van der Waals surface area (Å²) in [5.41, 5.74) is 0. The van der Waals surface area contributed by atoms with Crippen molar-refractivity contribution >= 4 is 102 Å². The van der Waals surface area contributed by atoms with Crippen LogP contribution in [0.25, 0.3) is 0 Å². The van der Waals surface area contributed by atoms with Crippen LogP contribution in [0.2, 0.25) is 99.7 Å². The molecule has 0 aromatic heterocycles. The molecule has 7 aliphatic rings. The van der Waals surface area contributed by atoms with E-state index < -0.39 is 102 Å². The minimum absolute atomic E-state index is 0.460. The van der Waals surface area contributed by atoms with Crippen LogP contribution in [0.4, 0.5) is 0 Å². The lowest BCUT2D eigenvalue weighted by Gasteiger charge is -2.74. The second-order valence-electron chi connectivity index (χ2n) is 40.1. The minimum atomic E-state index is -2.22. The molecule has 7 heterocycles. The summed E-state index contributed by atoms with van der Waals surface area (Å²) in [5.74, 6) is 0. The van der Waals surface area contributed by atoms with E-state index in [1.165, 1.54) is 0 Å². The van der Waals surface area contributed by atoms with Crippen molar-refractivity contribution in [3.8, 4) is 0 Å². The molecule has 15 heteroatoms. The third-order valence-electron chi connectivity index (χ3n) is 25.8. The van der Waals surface area contributed by atoms with Crippen LogP contribution in [0, 0.1) is 0 Å². The summed E-state index contributed by atoms with van der Waals surface area (Å²) < 4.78 is 0. The number of hydrogen-bond donors (Lipinski definition) is 0. The lowest BCUT2D eigenvalue weighted by molar-refractivity contribution is 0.635. The molecular formula is C54H126Si15. The van der Waals surface area contributed by atoms with Crippen LogP contribution in [0.5, 0.6) is 0 Å². The van der Waals surface area contributed by atoms with Crippen LogP contribution in [-0.2, 0) is 0 Å². The van der Waals surface area contributed by atoms with Crippen molar-refractivity contribution in [1.29, 1.82) is 0 Å². The van der Waals surface area contributed by atoms with Gasteiger partial charge in [-0.05, 0) is 74.3 Å². The molecule has 0 N–H and O–H groups in total. The van der Waals surface area contributed by atoms with Crippen LogP contribution in [0.1, 0.15) is 249 Å². The van der Waals surface area contributed by atoms with Gasteiger partial charge in [0.25, 0.3) is 0 Å². The smallest absolute Gasteiger partial charge is 0.0576 e. The standard InChI is InChI=1S/C54H126Si15/c1-43(2,3)60(44(4,5)6)55-56(61(45(7,8)9,46(10,11)12)57(60,37)38)67-63(49(19,20)21,50(22,23)24)59(41,42)65(53(31,32)33,54(34,35)36)69(67)66(55)62(47(13,14)15,48(16,17)18)58(39,40)64(51(25,26)27,52(28,29)30)68(66,67)69/h1-42H3. The zero-order valence-electron chi connectivity index (χ0n) is 55.5. The Kier molecular flexibility index (Phi) is 12.4. The van der Waals surface area contributed by atoms with Gasteiger partial charge in [0.05, 0.1) is 14.2 Å². The first-order chi connectivity index (χ1) is 29.2. The van der Waals surface area contributed by atoms with E-state index in [0.29, 0.717) is 60.5 Å². The molecule has 0 atom stereocenters. The molecule has 0 aromatic carbocycles. The van der Waals surface area contributed by atoms with E-state index in [1.807, 2.05) is 0 Å². The lowest BCUT2D eigenvalue weighted by Crippen LogP contribution is -2.96. The summed E-state index contributed by atoms with van der Waals surface area (Å²) in [7, 11) is -19.2. The SMILES string of the molecule is CC(C)(C)[Si]1(C(C)(C)C)[Si]2=[Si]([Si](C(C)(C)C)(C(C)(C)C)[Si]1(C)C)[Si]13[Si](C(C)(C)C)(C(C)(C)C)[Si](C)(C)[Si](C(C)(C)C)(C(C)(C)C)[Si]14[Si]21[Si](C(C)(C)C)(C(C)(C)C)[Si](C)(C)[Si](C(C)(C)C)(C(C)(C)C)[Si]134. The van der Waals surface area contributed by atoms with Crippen LogP contribution in [0.15, 0.2) is 0 Å². The van der Waals surface area contributed by atoms with Crippen molar-refractivity contribution in [3.63, 3.8) is 0 Å². The van der Waals surface area contributed by atoms with Gasteiger partial charge in [-0.3, -0.25) is 0 Å². The number of hydrogen-bond acceptors (Lipinski definition) is 0. The van der Waals surface area contributed by atoms with Crippen molar-refractivity contribution in [2.24, 2.45) is 0 Å². The van der Waals surface area contributed by atoms with Gasteiger partial charge in [-0.2, -0.15) is 0 Å². The quantitative estimate of drug-likeness (QED) is 0.212. The highest BCUT2D eigenvalue weighted by Gasteiger charge is 3.36. The summed E-state index contributed by atoms with van der Waals surface area (Å²) >= 11 is 0. The lowest BCUT2D eigenvalue weighted by atomic mass is 10.2. The summed E-state index contributed by atoms with van der Waals surface area (Å²) in [6.45, 7) is 132. The van der Waals surface area contributed by atoms with Crippen molar-refractivity contribution in [2.45, 2.75) is 349 Å². The molecule has 7 aliphatic heterocycles. The van der Waals surface area contributed by atoms with E-state index in [1.54, 1.807) is 0 Å². The highest BCUT2D eigenvalue weighted by atomic mass is 31.3. The fraction of sp³-hybridized carbons (Fsp3) is 1.00. The maximum Gasteiger partial charge on any atom is 0.0576 e. The minimum Gasteiger partial charge on any atom is -0.0734 e. The number of rotatable bonds is 0. The average molecular weight is 1200 g/mol. The van der Waals surface area contributed by atoms with E-state index in [-0.39, 0.29) is 0 Å². The fourth-order valence-corrected chi connectivity index (χ4v) is 1890. The van der Waals surface area contributed by atoms with Crippen molar-refractivity contribution in [3.05, 3.63) is 0 Å². The Morgan fingerprint density at radius 1 is 0.188 bits per heavy atom. The third kappa shape index (κ3) is 4.68. The summed E-state index contributed by atoms with van der Waals surface area (Å²) in [4.78, 5) is 0. The molecule has 4 spiro atoms. The molecule has 4 fully saturated rings. The van der Waals surface area contributed by atoms with Gasteiger partial charge in [-0.1, -0.05) is 289 Å². The molecule has 0 radical (unpaired) electrons. The molecule has 2 bridgehead atoms. The molecule has 0 unspecified atom stereocenters. The summed E-state index contributed by atoms with van der Waals surface area (Å²) in [6.07, 6.45) is -8.06. The average Bonchev–Trinajstić information content (AvgIpc) is 3.39. The van der Waals surface area contributed by atoms with Gasteiger partial charge in [0.2, 0.25) is 0 Å². The van der Waals surface area contributed by atoms with Crippen LogP contribution in [-0.4, -0.2) is 102 Å². The maximum atomic E-state index is 3.45. The van der Waals surface area contributed by atoms with Gasteiger partial charge in [0.15, 0.2) is 0 Å². The Morgan fingerprint density at radius 2 is 0.333 bits per heavy atom. The Hall–Kier alpha value is 3.25. The fourth-order valence-electron chi connectivity index (χ4n) is 34.2. The predicted molar refractivity (Wildman–Crippen MR) is 358 cm³/mol. The zero-order valence-corrected chi connectivity index (χ0v) is 70.5. The first kappa shape index (κ1) is 61.5.